The molecule has 2 aromatic rings. The monoisotopic (exact) mass is 353 g/mol. The van der Waals surface area contributed by atoms with E-state index < -0.39 is 0 Å². The van der Waals surface area contributed by atoms with Crippen molar-refractivity contribution in [3.63, 3.8) is 0 Å². The molecule has 1 N–H and O–H groups in total. The maximum atomic E-state index is 12.3. The fourth-order valence-electron chi connectivity index (χ4n) is 3.68. The van der Waals surface area contributed by atoms with Crippen LogP contribution in [0.2, 0.25) is 5.02 Å². The van der Waals surface area contributed by atoms with Crippen LogP contribution < -0.4 is 10.2 Å². The zero-order chi connectivity index (χ0) is 17.2. The minimum Gasteiger partial charge on any atom is -0.356 e. The first-order valence-electron chi connectivity index (χ1n) is 8.62. The molecule has 0 spiro atoms. The van der Waals surface area contributed by atoms with Crippen molar-refractivity contribution in [2.45, 2.75) is 12.8 Å². The summed E-state index contributed by atoms with van der Waals surface area (Å²) in [6, 6.07) is 10.9. The fraction of sp³-hybridized carbons (Fsp3) is 0.300. The number of anilines is 2. The van der Waals surface area contributed by atoms with Crippen molar-refractivity contribution in [3.05, 3.63) is 65.3 Å². The molecule has 1 aliphatic heterocycles. The molecule has 4 nitrogen and oxygen atoms in total. The highest BCUT2D eigenvalue weighted by atomic mass is 35.5. The third kappa shape index (κ3) is 3.54. The topological polar surface area (TPSA) is 45.2 Å². The summed E-state index contributed by atoms with van der Waals surface area (Å²) in [5.74, 6) is 2.24. The van der Waals surface area contributed by atoms with Gasteiger partial charge >= 0.3 is 0 Å². The van der Waals surface area contributed by atoms with Crippen LogP contribution in [0.15, 0.2) is 54.7 Å². The molecule has 2 atom stereocenters. The Labute approximate surface area is 152 Å². The van der Waals surface area contributed by atoms with Gasteiger partial charge in [0, 0.05) is 30.0 Å². The van der Waals surface area contributed by atoms with Gasteiger partial charge in [0.15, 0.2) is 0 Å². The Morgan fingerprint density at radius 1 is 1.12 bits per heavy atom. The lowest BCUT2D eigenvalue weighted by Gasteiger charge is -2.17. The number of carbonyl (C=O) groups is 1. The molecule has 2 unspecified atom stereocenters. The van der Waals surface area contributed by atoms with Gasteiger partial charge in [-0.15, -0.1) is 0 Å². The van der Waals surface area contributed by atoms with E-state index in [1.165, 1.54) is 12.8 Å². The first-order valence-corrected chi connectivity index (χ1v) is 9.00. The highest BCUT2D eigenvalue weighted by Gasteiger charge is 2.33. The van der Waals surface area contributed by atoms with Crippen molar-refractivity contribution >= 4 is 29.0 Å². The molecule has 25 heavy (non-hydrogen) atoms. The van der Waals surface area contributed by atoms with Crippen molar-refractivity contribution in [2.24, 2.45) is 11.8 Å². The van der Waals surface area contributed by atoms with Gasteiger partial charge < -0.3 is 10.2 Å². The van der Waals surface area contributed by atoms with E-state index in [1.54, 1.807) is 24.4 Å². The molecule has 0 saturated carbocycles. The van der Waals surface area contributed by atoms with Crippen LogP contribution in [-0.2, 0) is 0 Å². The summed E-state index contributed by atoms with van der Waals surface area (Å²) < 4.78 is 0. The smallest absolute Gasteiger partial charge is 0.257 e. The lowest BCUT2D eigenvalue weighted by atomic mass is 9.86. The molecule has 4 rings (SSSR count). The Bertz CT molecular complexity index is 787. The van der Waals surface area contributed by atoms with E-state index >= 15 is 0 Å². The summed E-state index contributed by atoms with van der Waals surface area (Å²) >= 11 is 5.95. The summed E-state index contributed by atoms with van der Waals surface area (Å²) in [6.07, 6.45) is 8.57. The first kappa shape index (κ1) is 16.2. The molecule has 5 heteroatoms. The Hall–Kier alpha value is -2.33. The lowest BCUT2D eigenvalue weighted by molar-refractivity contribution is 0.102. The first-order chi connectivity index (χ1) is 12.2. The SMILES string of the molecule is O=C(Nc1cccc(Cl)c1)c1ccc(N2CC3CC=CCC3C2)nc1. The average molecular weight is 354 g/mol. The molecule has 1 aromatic heterocycles. The van der Waals surface area contributed by atoms with Crippen LogP contribution in [0.3, 0.4) is 0 Å². The number of rotatable bonds is 3. The second kappa shape index (κ2) is 6.89. The van der Waals surface area contributed by atoms with Gasteiger partial charge in [-0.25, -0.2) is 4.98 Å². The van der Waals surface area contributed by atoms with E-state index in [9.17, 15) is 4.79 Å². The summed E-state index contributed by atoms with van der Waals surface area (Å²) in [7, 11) is 0. The summed E-state index contributed by atoms with van der Waals surface area (Å²) in [5.41, 5.74) is 1.22. The van der Waals surface area contributed by atoms with Crippen molar-refractivity contribution in [1.29, 1.82) is 0 Å². The average Bonchev–Trinajstić information content (AvgIpc) is 3.06. The molecule has 1 aliphatic carbocycles. The zero-order valence-electron chi connectivity index (χ0n) is 13.9. The molecule has 1 saturated heterocycles. The predicted octanol–water partition coefficient (Wildman–Crippen LogP) is 4.39. The van der Waals surface area contributed by atoms with E-state index in [1.807, 2.05) is 18.2 Å². The van der Waals surface area contributed by atoms with Crippen LogP contribution in [0.4, 0.5) is 11.5 Å². The van der Waals surface area contributed by atoms with E-state index in [2.05, 4.69) is 27.4 Å². The van der Waals surface area contributed by atoms with Gasteiger partial charge in [-0.2, -0.15) is 0 Å². The van der Waals surface area contributed by atoms with Crippen LogP contribution in [0.25, 0.3) is 0 Å². The molecule has 1 fully saturated rings. The summed E-state index contributed by atoms with van der Waals surface area (Å²) in [5, 5.41) is 3.44. The second-order valence-electron chi connectivity index (χ2n) is 6.74. The van der Waals surface area contributed by atoms with Gasteiger partial charge in [-0.1, -0.05) is 29.8 Å². The number of nitrogens with one attached hydrogen (secondary N) is 1. The molecule has 2 heterocycles. The Kier molecular flexibility index (Phi) is 4.45. The second-order valence-corrected chi connectivity index (χ2v) is 7.17. The largest absolute Gasteiger partial charge is 0.356 e. The number of aromatic nitrogens is 1. The van der Waals surface area contributed by atoms with E-state index in [-0.39, 0.29) is 5.91 Å². The normalized spacial score (nSPS) is 21.9. The van der Waals surface area contributed by atoms with Crippen LogP contribution >= 0.6 is 11.6 Å². The molecule has 1 aromatic carbocycles. The molecule has 128 valence electrons. The lowest BCUT2D eigenvalue weighted by Crippen LogP contribution is -2.21. The van der Waals surface area contributed by atoms with E-state index in [0.29, 0.717) is 16.3 Å². The number of hydrogen-bond donors (Lipinski definition) is 1. The molecule has 2 aliphatic rings. The van der Waals surface area contributed by atoms with Crippen molar-refractivity contribution < 1.29 is 4.79 Å². The van der Waals surface area contributed by atoms with Crippen LogP contribution in [0.1, 0.15) is 23.2 Å². The van der Waals surface area contributed by atoms with Gasteiger partial charge in [0.1, 0.15) is 5.82 Å². The van der Waals surface area contributed by atoms with E-state index in [4.69, 9.17) is 11.6 Å². The van der Waals surface area contributed by atoms with Crippen molar-refractivity contribution in [3.8, 4) is 0 Å². The maximum absolute atomic E-state index is 12.3. The Morgan fingerprint density at radius 3 is 2.52 bits per heavy atom. The predicted molar refractivity (Wildman–Crippen MR) is 101 cm³/mol. The molecule has 1 amide bonds. The highest BCUT2D eigenvalue weighted by Crippen LogP contribution is 2.34. The molecular weight excluding hydrogens is 334 g/mol. The van der Waals surface area contributed by atoms with Crippen LogP contribution in [0, 0.1) is 11.8 Å². The van der Waals surface area contributed by atoms with Crippen LogP contribution in [-0.4, -0.2) is 24.0 Å². The fourth-order valence-corrected chi connectivity index (χ4v) is 3.87. The molecule has 0 radical (unpaired) electrons. The number of fused-ring (bicyclic) bond motifs is 1. The Morgan fingerprint density at radius 2 is 1.88 bits per heavy atom. The van der Waals surface area contributed by atoms with Gasteiger partial charge in [-0.3, -0.25) is 4.79 Å². The third-order valence-electron chi connectivity index (χ3n) is 5.04. The minimum atomic E-state index is -0.180. The van der Waals surface area contributed by atoms with Gasteiger partial charge in [0.25, 0.3) is 5.91 Å². The number of benzene rings is 1. The number of allylic oxidation sites excluding steroid dienone is 2. The number of pyridine rings is 1. The number of halogens is 1. The van der Waals surface area contributed by atoms with Crippen LogP contribution in [0.5, 0.6) is 0 Å². The molecule has 0 bridgehead atoms. The zero-order valence-corrected chi connectivity index (χ0v) is 14.6. The maximum Gasteiger partial charge on any atom is 0.257 e. The van der Waals surface area contributed by atoms with Crippen molar-refractivity contribution in [2.75, 3.05) is 23.3 Å². The quantitative estimate of drug-likeness (QED) is 0.832. The molecular formula is C20H20ClN3O. The number of hydrogen-bond acceptors (Lipinski definition) is 3. The Balaban J connectivity index is 1.42. The number of nitrogens with zero attached hydrogens (tertiary/aromatic N) is 2. The van der Waals surface area contributed by atoms with Crippen molar-refractivity contribution in [1.82, 2.24) is 4.98 Å². The number of carbonyl (C=O) groups excluding carboxylic acids is 1. The third-order valence-corrected chi connectivity index (χ3v) is 5.27. The van der Waals surface area contributed by atoms with Gasteiger partial charge in [-0.05, 0) is 55.0 Å². The summed E-state index contributed by atoms with van der Waals surface area (Å²) in [4.78, 5) is 19.2. The highest BCUT2D eigenvalue weighted by molar-refractivity contribution is 6.30. The van der Waals surface area contributed by atoms with Gasteiger partial charge in [0.05, 0.1) is 5.56 Å². The standard InChI is InChI=1S/C20H20ClN3O/c21-17-6-3-7-18(10-17)23-20(25)14-8-9-19(22-11-14)24-12-15-4-1-2-5-16(15)13-24/h1-3,6-11,15-16H,4-5,12-13H2,(H,23,25). The minimum absolute atomic E-state index is 0.180. The number of amides is 1. The van der Waals surface area contributed by atoms with Gasteiger partial charge in [0.2, 0.25) is 0 Å². The van der Waals surface area contributed by atoms with E-state index in [0.717, 1.165) is 30.7 Å². The summed E-state index contributed by atoms with van der Waals surface area (Å²) in [6.45, 7) is 2.10.